The van der Waals surface area contributed by atoms with E-state index in [-0.39, 0.29) is 25.2 Å². The number of carbonyl (C=O) groups excluding carboxylic acids is 2. The van der Waals surface area contributed by atoms with Gasteiger partial charge < -0.3 is 27.0 Å². The normalized spacial score (nSPS) is 11.8. The Hall–Kier alpha value is -4.25. The first-order valence-electron chi connectivity index (χ1n) is 13.8. The third kappa shape index (κ3) is 10.7. The smallest absolute Gasteiger partial charge is 0.330 e. The summed E-state index contributed by atoms with van der Waals surface area (Å²) in [5, 5.41) is 29.9. The van der Waals surface area contributed by atoms with Crippen LogP contribution in [0.4, 0.5) is 0 Å². The number of nitrogens with zero attached hydrogens (tertiary/aromatic N) is 1. The van der Waals surface area contributed by atoms with Gasteiger partial charge in [0.05, 0.1) is 12.5 Å². The molecule has 0 heterocycles. The van der Waals surface area contributed by atoms with Crippen molar-refractivity contribution < 1.29 is 29.4 Å². The molecule has 0 unspecified atom stereocenters. The molecule has 2 aromatic rings. The molecule has 11 heteroatoms. The summed E-state index contributed by atoms with van der Waals surface area (Å²) in [6.45, 7) is 0.613. The number of guanidine groups is 1. The van der Waals surface area contributed by atoms with Gasteiger partial charge in [-0.3, -0.25) is 24.7 Å². The highest BCUT2D eigenvalue weighted by molar-refractivity contribution is 6.04. The zero-order valence-electron chi connectivity index (χ0n) is 23.3. The molecule has 0 aliphatic carbocycles. The van der Waals surface area contributed by atoms with Gasteiger partial charge in [-0.05, 0) is 24.0 Å². The van der Waals surface area contributed by atoms with Crippen LogP contribution in [-0.4, -0.2) is 63.0 Å². The summed E-state index contributed by atoms with van der Waals surface area (Å²) < 4.78 is 0. The van der Waals surface area contributed by atoms with E-state index in [1.807, 2.05) is 0 Å². The van der Waals surface area contributed by atoms with Crippen molar-refractivity contribution >= 4 is 29.7 Å². The minimum atomic E-state index is -2.03. The monoisotopic (exact) mass is 567 g/mol. The summed E-state index contributed by atoms with van der Waals surface area (Å²) >= 11 is 0. The van der Waals surface area contributed by atoms with E-state index in [0.717, 1.165) is 30.6 Å². The molecule has 0 saturated carbocycles. The molecule has 2 amide bonds. The van der Waals surface area contributed by atoms with E-state index in [1.54, 1.807) is 60.7 Å². The third-order valence-electron chi connectivity index (χ3n) is 6.82. The van der Waals surface area contributed by atoms with Gasteiger partial charge in [-0.15, -0.1) is 0 Å². The second-order valence-corrected chi connectivity index (χ2v) is 10.1. The number of hydrogen-bond acceptors (Lipinski definition) is 6. The molecule has 0 fully saturated rings. The van der Waals surface area contributed by atoms with E-state index >= 15 is 0 Å². The second-order valence-electron chi connectivity index (χ2n) is 10.1. The number of carbonyl (C=O) groups is 4. The fourth-order valence-electron chi connectivity index (χ4n) is 4.79. The SMILES string of the molecule is N=C(N)NCCCCCCCCC(=O)N(C(=O)[C@@H](N)CC(=O)O)C(Cc1ccccc1)(Cc1ccccc1)C(=O)O. The van der Waals surface area contributed by atoms with Crippen LogP contribution in [0.5, 0.6) is 0 Å². The van der Waals surface area contributed by atoms with E-state index in [2.05, 4.69) is 5.32 Å². The molecule has 0 aromatic heterocycles. The quantitative estimate of drug-likeness (QED) is 0.0890. The third-order valence-corrected chi connectivity index (χ3v) is 6.82. The predicted octanol–water partition coefficient (Wildman–Crippen LogP) is 2.67. The molecule has 0 aliphatic heterocycles. The standard InChI is InChI=1S/C30H41N5O6/c31-24(19-26(37)38)27(39)35(25(36)17-11-3-1-2-4-12-18-34-29(32)33)30(28(40)41,20-22-13-7-5-8-14-22)21-23-15-9-6-10-16-23/h5-10,13-16,24H,1-4,11-12,17-21,31H2,(H,37,38)(H,40,41)(H4,32,33,34)/t24-/m0/s1. The van der Waals surface area contributed by atoms with Crippen molar-refractivity contribution in [1.82, 2.24) is 10.2 Å². The molecule has 222 valence electrons. The van der Waals surface area contributed by atoms with Gasteiger partial charge in [0.1, 0.15) is 0 Å². The Bertz CT molecular complexity index is 1120. The molecule has 2 aromatic carbocycles. The molecule has 2 rings (SSSR count). The molecule has 41 heavy (non-hydrogen) atoms. The second kappa shape index (κ2) is 16.8. The zero-order valence-corrected chi connectivity index (χ0v) is 23.3. The topological polar surface area (TPSA) is 200 Å². The van der Waals surface area contributed by atoms with E-state index < -0.39 is 41.8 Å². The van der Waals surface area contributed by atoms with Gasteiger partial charge in [-0.1, -0.05) is 86.3 Å². The maximum atomic E-state index is 13.7. The lowest BCUT2D eigenvalue weighted by Gasteiger charge is -2.41. The fraction of sp³-hybridized carbons (Fsp3) is 0.433. The number of amides is 2. The summed E-state index contributed by atoms with van der Waals surface area (Å²) in [6, 6.07) is 15.8. The number of nitrogens with one attached hydrogen (secondary N) is 2. The van der Waals surface area contributed by atoms with E-state index in [0.29, 0.717) is 30.5 Å². The molecule has 0 bridgehead atoms. The van der Waals surface area contributed by atoms with Crippen LogP contribution in [0.1, 0.15) is 62.5 Å². The minimum absolute atomic E-state index is 0.0670. The van der Waals surface area contributed by atoms with Gasteiger partial charge >= 0.3 is 11.9 Å². The summed E-state index contributed by atoms with van der Waals surface area (Å²) in [5.41, 5.74) is 10.4. The maximum Gasteiger partial charge on any atom is 0.330 e. The number of benzene rings is 2. The van der Waals surface area contributed by atoms with E-state index in [4.69, 9.17) is 16.9 Å². The van der Waals surface area contributed by atoms with Crippen molar-refractivity contribution in [3.8, 4) is 0 Å². The molecule has 0 spiro atoms. The summed E-state index contributed by atoms with van der Waals surface area (Å²) in [7, 11) is 0. The van der Waals surface area contributed by atoms with Crippen molar-refractivity contribution in [2.75, 3.05) is 6.54 Å². The molecule has 0 saturated heterocycles. The average Bonchev–Trinajstić information content (AvgIpc) is 2.92. The van der Waals surface area contributed by atoms with Gasteiger partial charge in [-0.25, -0.2) is 4.79 Å². The Kier molecular flexibility index (Phi) is 13.5. The van der Waals surface area contributed by atoms with E-state index in [1.165, 1.54) is 0 Å². The van der Waals surface area contributed by atoms with Crippen LogP contribution in [-0.2, 0) is 32.0 Å². The number of unbranched alkanes of at least 4 members (excludes halogenated alkanes) is 5. The number of nitrogens with two attached hydrogens (primary N) is 2. The number of hydrogen-bond donors (Lipinski definition) is 6. The number of imide groups is 1. The fourth-order valence-corrected chi connectivity index (χ4v) is 4.79. The lowest BCUT2D eigenvalue weighted by atomic mass is 9.82. The van der Waals surface area contributed by atoms with Gasteiger partial charge in [0.15, 0.2) is 11.5 Å². The largest absolute Gasteiger partial charge is 0.481 e. The summed E-state index contributed by atoms with van der Waals surface area (Å²) in [6.07, 6.45) is 3.43. The van der Waals surface area contributed by atoms with Crippen molar-refractivity contribution in [3.63, 3.8) is 0 Å². The molecule has 0 aliphatic rings. The first kappa shape index (κ1) is 33.0. The van der Waals surface area contributed by atoms with Gasteiger partial charge in [-0.2, -0.15) is 0 Å². The maximum absolute atomic E-state index is 13.7. The average molecular weight is 568 g/mol. The van der Waals surface area contributed by atoms with Crippen LogP contribution in [0, 0.1) is 5.41 Å². The summed E-state index contributed by atoms with van der Waals surface area (Å²) in [5.74, 6) is -4.50. The molecule has 1 atom stereocenters. The number of rotatable bonds is 18. The molecular weight excluding hydrogens is 526 g/mol. The first-order chi connectivity index (χ1) is 19.6. The van der Waals surface area contributed by atoms with Gasteiger partial charge in [0.2, 0.25) is 11.8 Å². The lowest BCUT2D eigenvalue weighted by Crippen LogP contribution is -2.65. The Balaban J connectivity index is 2.33. The highest BCUT2D eigenvalue weighted by atomic mass is 16.4. The number of carboxylic acids is 2. The highest BCUT2D eigenvalue weighted by Gasteiger charge is 2.50. The summed E-state index contributed by atoms with van der Waals surface area (Å²) in [4.78, 5) is 52.6. The lowest BCUT2D eigenvalue weighted by molar-refractivity contribution is -0.168. The van der Waals surface area contributed by atoms with Crippen LogP contribution in [0.25, 0.3) is 0 Å². The molecule has 0 radical (unpaired) electrons. The van der Waals surface area contributed by atoms with Gasteiger partial charge in [0, 0.05) is 25.8 Å². The van der Waals surface area contributed by atoms with Crippen LogP contribution in [0.2, 0.25) is 0 Å². The molecule has 11 nitrogen and oxygen atoms in total. The van der Waals surface area contributed by atoms with Crippen molar-refractivity contribution in [2.24, 2.45) is 11.5 Å². The minimum Gasteiger partial charge on any atom is -0.481 e. The number of aliphatic carboxylic acids is 2. The van der Waals surface area contributed by atoms with Crippen molar-refractivity contribution in [2.45, 2.75) is 75.8 Å². The van der Waals surface area contributed by atoms with Crippen molar-refractivity contribution in [3.05, 3.63) is 71.8 Å². The molecular formula is C30H41N5O6. The van der Waals surface area contributed by atoms with Crippen LogP contribution in [0.15, 0.2) is 60.7 Å². The molecule has 8 N–H and O–H groups in total. The van der Waals surface area contributed by atoms with Crippen LogP contribution < -0.4 is 16.8 Å². The Labute approximate surface area is 240 Å². The first-order valence-corrected chi connectivity index (χ1v) is 13.8. The van der Waals surface area contributed by atoms with E-state index in [9.17, 15) is 29.4 Å². The van der Waals surface area contributed by atoms with Gasteiger partial charge in [0.25, 0.3) is 0 Å². The van der Waals surface area contributed by atoms with Crippen LogP contribution in [0.3, 0.4) is 0 Å². The highest BCUT2D eigenvalue weighted by Crippen LogP contribution is 2.29. The Morgan fingerprint density at radius 2 is 1.32 bits per heavy atom. The Morgan fingerprint density at radius 1 is 0.829 bits per heavy atom. The number of carboxylic acid groups (broad SMARTS) is 2. The van der Waals surface area contributed by atoms with Crippen molar-refractivity contribution in [1.29, 1.82) is 5.41 Å². The van der Waals surface area contributed by atoms with Crippen LogP contribution >= 0.6 is 0 Å². The Morgan fingerprint density at radius 3 is 1.78 bits per heavy atom. The zero-order chi connectivity index (χ0) is 30.3. The predicted molar refractivity (Wildman–Crippen MR) is 155 cm³/mol.